The van der Waals surface area contributed by atoms with Crippen molar-refractivity contribution in [2.75, 3.05) is 0 Å². The zero-order valence-corrected chi connectivity index (χ0v) is 13.3. The molecule has 0 saturated carbocycles. The Morgan fingerprint density at radius 1 is 1.04 bits per heavy atom. The number of rotatable bonds is 5. The third-order valence-electron chi connectivity index (χ3n) is 3.76. The van der Waals surface area contributed by atoms with Crippen molar-refractivity contribution in [3.63, 3.8) is 0 Å². The number of halogens is 3. The standard InChI is InChI=1S/C17H12F3N5O/c18-13-3-1-11(2-4-13)10-26-15-5-6-24-16(23-15)14(8-22-24)12-7-21-25(9-12)17(19)20/h1-9,17H,10H2. The zero-order chi connectivity index (χ0) is 18.1. The third-order valence-corrected chi connectivity index (χ3v) is 3.76. The molecule has 9 heteroatoms. The number of alkyl halides is 2. The molecule has 0 radical (unpaired) electrons. The van der Waals surface area contributed by atoms with Crippen molar-refractivity contribution >= 4 is 5.65 Å². The Balaban J connectivity index is 1.60. The highest BCUT2D eigenvalue weighted by Gasteiger charge is 2.14. The quantitative estimate of drug-likeness (QED) is 0.545. The highest BCUT2D eigenvalue weighted by molar-refractivity contribution is 5.76. The summed E-state index contributed by atoms with van der Waals surface area (Å²) in [4.78, 5) is 4.38. The molecule has 0 N–H and O–H groups in total. The lowest BCUT2D eigenvalue weighted by atomic mass is 10.2. The number of ether oxygens (including phenoxy) is 1. The summed E-state index contributed by atoms with van der Waals surface area (Å²) in [5, 5.41) is 7.77. The Kier molecular flexibility index (Phi) is 4.04. The summed E-state index contributed by atoms with van der Waals surface area (Å²) < 4.78 is 46.0. The molecule has 0 amide bonds. The van der Waals surface area contributed by atoms with E-state index in [0.29, 0.717) is 27.3 Å². The van der Waals surface area contributed by atoms with E-state index in [-0.39, 0.29) is 12.4 Å². The van der Waals surface area contributed by atoms with E-state index in [2.05, 4.69) is 15.2 Å². The molecule has 4 aromatic rings. The summed E-state index contributed by atoms with van der Waals surface area (Å²) in [5.74, 6) is 0.0198. The molecule has 1 aromatic carbocycles. The first-order valence-corrected chi connectivity index (χ1v) is 7.64. The minimum absolute atomic E-state index is 0.218. The molecule has 26 heavy (non-hydrogen) atoms. The molecule has 132 valence electrons. The van der Waals surface area contributed by atoms with Gasteiger partial charge in [0, 0.05) is 29.6 Å². The van der Waals surface area contributed by atoms with E-state index in [1.54, 1.807) is 24.4 Å². The van der Waals surface area contributed by atoms with Crippen LogP contribution in [0.3, 0.4) is 0 Å². The minimum atomic E-state index is -2.71. The first-order chi connectivity index (χ1) is 12.6. The van der Waals surface area contributed by atoms with Crippen molar-refractivity contribution in [1.82, 2.24) is 24.4 Å². The van der Waals surface area contributed by atoms with Crippen LogP contribution >= 0.6 is 0 Å². The van der Waals surface area contributed by atoms with Gasteiger partial charge in [0.25, 0.3) is 0 Å². The minimum Gasteiger partial charge on any atom is -0.473 e. The second-order valence-electron chi connectivity index (χ2n) is 5.49. The van der Waals surface area contributed by atoms with Crippen LogP contribution in [-0.2, 0) is 6.61 Å². The monoisotopic (exact) mass is 359 g/mol. The molecule has 0 unspecified atom stereocenters. The van der Waals surface area contributed by atoms with E-state index in [1.807, 2.05) is 0 Å². The van der Waals surface area contributed by atoms with Crippen LogP contribution < -0.4 is 4.74 Å². The van der Waals surface area contributed by atoms with Crippen LogP contribution in [0.5, 0.6) is 5.88 Å². The van der Waals surface area contributed by atoms with Crippen molar-refractivity contribution in [2.24, 2.45) is 0 Å². The maximum absolute atomic E-state index is 12.9. The van der Waals surface area contributed by atoms with Gasteiger partial charge in [-0.05, 0) is 17.7 Å². The molecule has 0 saturated heterocycles. The van der Waals surface area contributed by atoms with Gasteiger partial charge in [-0.1, -0.05) is 12.1 Å². The second kappa shape index (κ2) is 6.51. The molecule has 0 fully saturated rings. The first-order valence-electron chi connectivity index (χ1n) is 7.64. The fourth-order valence-corrected chi connectivity index (χ4v) is 2.46. The lowest BCUT2D eigenvalue weighted by Gasteiger charge is -2.06. The van der Waals surface area contributed by atoms with Crippen molar-refractivity contribution in [3.8, 4) is 17.0 Å². The fraction of sp³-hybridized carbons (Fsp3) is 0.118. The molecule has 0 atom stereocenters. The summed E-state index contributed by atoms with van der Waals surface area (Å²) >= 11 is 0. The van der Waals surface area contributed by atoms with E-state index in [4.69, 9.17) is 4.74 Å². The lowest BCUT2D eigenvalue weighted by molar-refractivity contribution is 0.0566. The molecule has 6 nitrogen and oxygen atoms in total. The average Bonchev–Trinajstić information content (AvgIpc) is 3.27. The molecule has 0 spiro atoms. The van der Waals surface area contributed by atoms with E-state index >= 15 is 0 Å². The SMILES string of the molecule is Fc1ccc(COc2ccn3ncc(-c4cnn(C(F)F)c4)c3n2)cc1. The maximum atomic E-state index is 12.9. The van der Waals surface area contributed by atoms with Gasteiger partial charge < -0.3 is 4.74 Å². The van der Waals surface area contributed by atoms with Crippen LogP contribution in [-0.4, -0.2) is 24.4 Å². The number of aromatic nitrogens is 5. The van der Waals surface area contributed by atoms with Crippen LogP contribution in [0.4, 0.5) is 13.2 Å². The fourth-order valence-electron chi connectivity index (χ4n) is 2.46. The molecule has 0 aliphatic rings. The summed E-state index contributed by atoms with van der Waals surface area (Å²) in [7, 11) is 0. The van der Waals surface area contributed by atoms with E-state index in [9.17, 15) is 13.2 Å². The summed E-state index contributed by atoms with van der Waals surface area (Å²) in [6, 6.07) is 7.58. The summed E-state index contributed by atoms with van der Waals surface area (Å²) in [6.45, 7) is -2.50. The molecule has 3 heterocycles. The third kappa shape index (κ3) is 3.10. The van der Waals surface area contributed by atoms with Crippen molar-refractivity contribution in [3.05, 3.63) is 66.5 Å². The normalized spacial score (nSPS) is 11.4. The molecule has 0 aliphatic heterocycles. The van der Waals surface area contributed by atoms with E-state index in [0.717, 1.165) is 5.56 Å². The van der Waals surface area contributed by atoms with Crippen LogP contribution in [0.15, 0.2) is 55.1 Å². The lowest BCUT2D eigenvalue weighted by Crippen LogP contribution is -1.99. The van der Waals surface area contributed by atoms with Crippen molar-refractivity contribution in [2.45, 2.75) is 13.2 Å². The Hall–Kier alpha value is -3.36. The van der Waals surface area contributed by atoms with Gasteiger partial charge in [0.05, 0.1) is 12.4 Å². The predicted molar refractivity (Wildman–Crippen MR) is 86.2 cm³/mol. The number of fused-ring (bicyclic) bond motifs is 1. The number of hydrogen-bond acceptors (Lipinski definition) is 4. The van der Waals surface area contributed by atoms with Gasteiger partial charge >= 0.3 is 6.55 Å². The summed E-state index contributed by atoms with van der Waals surface area (Å²) in [5.41, 5.74) is 2.28. The second-order valence-corrected chi connectivity index (χ2v) is 5.49. The molecular weight excluding hydrogens is 347 g/mol. The molecule has 0 aliphatic carbocycles. The predicted octanol–water partition coefficient (Wildman–Crippen LogP) is 3.71. The largest absolute Gasteiger partial charge is 0.473 e. The van der Waals surface area contributed by atoms with Gasteiger partial charge in [-0.25, -0.2) is 13.6 Å². The molecule has 3 aromatic heterocycles. The average molecular weight is 359 g/mol. The van der Waals surface area contributed by atoms with Crippen LogP contribution in [0.25, 0.3) is 16.8 Å². The van der Waals surface area contributed by atoms with Crippen LogP contribution in [0, 0.1) is 5.82 Å². The topological polar surface area (TPSA) is 57.2 Å². The van der Waals surface area contributed by atoms with Gasteiger partial charge in [0.1, 0.15) is 12.4 Å². The molecule has 4 rings (SSSR count). The van der Waals surface area contributed by atoms with Crippen LogP contribution in [0.1, 0.15) is 12.1 Å². The number of nitrogens with zero attached hydrogens (tertiary/aromatic N) is 5. The number of hydrogen-bond donors (Lipinski definition) is 0. The van der Waals surface area contributed by atoms with E-state index in [1.165, 1.54) is 35.2 Å². The Labute approximate surface area is 145 Å². The Bertz CT molecular complexity index is 1040. The van der Waals surface area contributed by atoms with Crippen LogP contribution in [0.2, 0.25) is 0 Å². The van der Waals surface area contributed by atoms with Crippen molar-refractivity contribution in [1.29, 1.82) is 0 Å². The van der Waals surface area contributed by atoms with Gasteiger partial charge in [-0.15, -0.1) is 0 Å². The molecule has 0 bridgehead atoms. The first kappa shape index (κ1) is 16.1. The Morgan fingerprint density at radius 3 is 2.58 bits per heavy atom. The Morgan fingerprint density at radius 2 is 1.85 bits per heavy atom. The number of benzene rings is 1. The smallest absolute Gasteiger partial charge is 0.333 e. The van der Waals surface area contributed by atoms with Gasteiger partial charge in [-0.3, -0.25) is 0 Å². The highest BCUT2D eigenvalue weighted by atomic mass is 19.3. The van der Waals surface area contributed by atoms with Crippen molar-refractivity contribution < 1.29 is 17.9 Å². The zero-order valence-electron chi connectivity index (χ0n) is 13.3. The van der Waals surface area contributed by atoms with Gasteiger partial charge in [0.2, 0.25) is 5.88 Å². The van der Waals surface area contributed by atoms with Gasteiger partial charge in [0.15, 0.2) is 5.65 Å². The highest BCUT2D eigenvalue weighted by Crippen LogP contribution is 2.25. The van der Waals surface area contributed by atoms with Gasteiger partial charge in [-0.2, -0.15) is 24.0 Å². The van der Waals surface area contributed by atoms with E-state index < -0.39 is 6.55 Å². The molecular formula is C17H12F3N5O. The maximum Gasteiger partial charge on any atom is 0.333 e. The summed E-state index contributed by atoms with van der Waals surface area (Å²) in [6.07, 6.45) is 5.74.